The molecule has 0 saturated carbocycles. The van der Waals surface area contributed by atoms with Crippen LogP contribution in [0, 0.1) is 0 Å². The van der Waals surface area contributed by atoms with Crippen LogP contribution in [0.4, 0.5) is 0 Å². The van der Waals surface area contributed by atoms with Crippen LogP contribution in [0.25, 0.3) is 10.9 Å². The molecule has 0 radical (unpaired) electrons. The summed E-state index contributed by atoms with van der Waals surface area (Å²) in [7, 11) is 0. The Morgan fingerprint density at radius 3 is 2.71 bits per heavy atom. The number of nitrogens with one attached hydrogen (secondary N) is 2. The number of benzene rings is 1. The summed E-state index contributed by atoms with van der Waals surface area (Å²) in [5.41, 5.74) is 0.703. The third kappa shape index (κ3) is 4.97. The molecular weight excluding hydrogens is 262 g/mol. The van der Waals surface area contributed by atoms with Crippen LogP contribution in [-0.2, 0) is 6.54 Å². The van der Waals surface area contributed by atoms with Gasteiger partial charge in [-0.25, -0.2) is 4.98 Å². The molecule has 0 bridgehead atoms. The van der Waals surface area contributed by atoms with Gasteiger partial charge in [0.05, 0.1) is 17.4 Å². The first kappa shape index (κ1) is 15.7. The number of para-hydroxylation sites is 1. The fraction of sp³-hybridized carbons (Fsp3) is 0.529. The van der Waals surface area contributed by atoms with Gasteiger partial charge in [-0.05, 0) is 25.1 Å². The summed E-state index contributed by atoms with van der Waals surface area (Å²) in [5.74, 6) is 0.713. The fourth-order valence-corrected chi connectivity index (χ4v) is 2.46. The Balaban J connectivity index is 1.75. The van der Waals surface area contributed by atoms with Gasteiger partial charge in [0.25, 0.3) is 5.56 Å². The van der Waals surface area contributed by atoms with E-state index in [2.05, 4.69) is 22.2 Å². The largest absolute Gasteiger partial charge is 0.310 e. The first-order chi connectivity index (χ1) is 10.3. The molecule has 1 aromatic heterocycles. The highest BCUT2D eigenvalue weighted by Crippen LogP contribution is 2.06. The number of aromatic amines is 1. The van der Waals surface area contributed by atoms with E-state index in [9.17, 15) is 4.79 Å². The van der Waals surface area contributed by atoms with Gasteiger partial charge in [-0.3, -0.25) is 4.79 Å². The Hall–Kier alpha value is -1.68. The molecule has 114 valence electrons. The van der Waals surface area contributed by atoms with Crippen molar-refractivity contribution in [1.29, 1.82) is 0 Å². The maximum Gasteiger partial charge on any atom is 0.258 e. The highest BCUT2D eigenvalue weighted by molar-refractivity contribution is 5.77. The molecule has 0 fully saturated rings. The lowest BCUT2D eigenvalue weighted by Crippen LogP contribution is -2.20. The predicted octanol–water partition coefficient (Wildman–Crippen LogP) is 3.37. The molecule has 0 saturated heterocycles. The van der Waals surface area contributed by atoms with E-state index in [1.807, 2.05) is 18.2 Å². The van der Waals surface area contributed by atoms with Crippen molar-refractivity contribution in [2.45, 2.75) is 52.0 Å². The monoisotopic (exact) mass is 287 g/mol. The minimum absolute atomic E-state index is 0.0584. The van der Waals surface area contributed by atoms with Gasteiger partial charge in [0.2, 0.25) is 0 Å². The average molecular weight is 287 g/mol. The van der Waals surface area contributed by atoms with Crippen molar-refractivity contribution < 1.29 is 0 Å². The molecule has 0 amide bonds. The van der Waals surface area contributed by atoms with Crippen molar-refractivity contribution in [2.75, 3.05) is 6.54 Å². The number of H-pyrrole nitrogens is 1. The van der Waals surface area contributed by atoms with Gasteiger partial charge < -0.3 is 10.3 Å². The minimum Gasteiger partial charge on any atom is -0.310 e. The van der Waals surface area contributed by atoms with Crippen LogP contribution in [0.2, 0.25) is 0 Å². The Morgan fingerprint density at radius 1 is 1.10 bits per heavy atom. The minimum atomic E-state index is -0.0584. The van der Waals surface area contributed by atoms with Crippen LogP contribution in [0.3, 0.4) is 0 Å². The fourth-order valence-electron chi connectivity index (χ4n) is 2.46. The summed E-state index contributed by atoms with van der Waals surface area (Å²) in [4.78, 5) is 19.2. The molecule has 1 heterocycles. The van der Waals surface area contributed by atoms with E-state index < -0.39 is 0 Å². The second-order valence-electron chi connectivity index (χ2n) is 5.47. The molecule has 4 nitrogen and oxygen atoms in total. The maximum absolute atomic E-state index is 11.9. The number of nitrogens with zero attached hydrogens (tertiary/aromatic N) is 1. The van der Waals surface area contributed by atoms with Crippen LogP contribution in [0.1, 0.15) is 51.3 Å². The molecular formula is C17H25N3O. The number of rotatable bonds is 9. The Morgan fingerprint density at radius 2 is 1.86 bits per heavy atom. The topological polar surface area (TPSA) is 57.8 Å². The molecule has 0 aliphatic carbocycles. The molecule has 0 aliphatic rings. The Kier molecular flexibility index (Phi) is 6.41. The normalized spacial score (nSPS) is 11.1. The second-order valence-corrected chi connectivity index (χ2v) is 5.47. The average Bonchev–Trinajstić information content (AvgIpc) is 2.50. The number of fused-ring (bicyclic) bond motifs is 1. The van der Waals surface area contributed by atoms with Crippen molar-refractivity contribution >= 4 is 10.9 Å². The summed E-state index contributed by atoms with van der Waals surface area (Å²) in [6, 6.07) is 7.44. The van der Waals surface area contributed by atoms with Crippen molar-refractivity contribution in [2.24, 2.45) is 0 Å². The zero-order valence-electron chi connectivity index (χ0n) is 12.8. The molecule has 0 spiro atoms. The van der Waals surface area contributed by atoms with Crippen LogP contribution in [0.15, 0.2) is 29.1 Å². The van der Waals surface area contributed by atoms with Crippen LogP contribution in [0.5, 0.6) is 0 Å². The lowest BCUT2D eigenvalue weighted by Gasteiger charge is -2.05. The van der Waals surface area contributed by atoms with Gasteiger partial charge >= 0.3 is 0 Å². The first-order valence-corrected chi connectivity index (χ1v) is 8.00. The molecule has 2 N–H and O–H groups in total. The van der Waals surface area contributed by atoms with Gasteiger partial charge in [-0.1, -0.05) is 51.2 Å². The van der Waals surface area contributed by atoms with Crippen LogP contribution < -0.4 is 10.9 Å². The van der Waals surface area contributed by atoms with Gasteiger partial charge in [-0.15, -0.1) is 0 Å². The van der Waals surface area contributed by atoms with Crippen LogP contribution >= 0.6 is 0 Å². The molecule has 0 atom stereocenters. The van der Waals surface area contributed by atoms with E-state index in [0.29, 0.717) is 17.8 Å². The zero-order valence-corrected chi connectivity index (χ0v) is 12.8. The molecule has 0 unspecified atom stereocenters. The van der Waals surface area contributed by atoms with Crippen molar-refractivity contribution in [1.82, 2.24) is 15.3 Å². The SMILES string of the molecule is CCCCCCCCNCc1nc2ccccc2c(=O)[nH]1. The van der Waals surface area contributed by atoms with Crippen molar-refractivity contribution in [3.05, 3.63) is 40.4 Å². The second kappa shape index (κ2) is 8.57. The summed E-state index contributed by atoms with van der Waals surface area (Å²) in [6.45, 7) is 3.83. The standard InChI is InChI=1S/C17H25N3O/c1-2-3-4-5-6-9-12-18-13-16-19-15-11-8-7-10-14(15)17(21)20-16/h7-8,10-11,18H,2-6,9,12-13H2,1H3,(H,19,20,21). The van der Waals surface area contributed by atoms with Gasteiger partial charge in [0.1, 0.15) is 5.82 Å². The summed E-state index contributed by atoms with van der Waals surface area (Å²) >= 11 is 0. The highest BCUT2D eigenvalue weighted by Gasteiger charge is 2.02. The molecule has 2 aromatic rings. The number of hydrogen-bond acceptors (Lipinski definition) is 3. The zero-order chi connectivity index (χ0) is 14.9. The highest BCUT2D eigenvalue weighted by atomic mass is 16.1. The molecule has 1 aromatic carbocycles. The van der Waals surface area contributed by atoms with Gasteiger partial charge in [0, 0.05) is 0 Å². The van der Waals surface area contributed by atoms with E-state index >= 15 is 0 Å². The number of unbranched alkanes of at least 4 members (excludes halogenated alkanes) is 5. The molecule has 2 rings (SSSR count). The summed E-state index contributed by atoms with van der Waals surface area (Å²) in [5, 5.41) is 4.00. The van der Waals surface area contributed by atoms with E-state index in [1.165, 1.54) is 38.5 Å². The number of hydrogen-bond donors (Lipinski definition) is 2. The quantitative estimate of drug-likeness (QED) is 0.695. The summed E-state index contributed by atoms with van der Waals surface area (Å²) in [6.07, 6.45) is 7.75. The smallest absolute Gasteiger partial charge is 0.258 e. The van der Waals surface area contributed by atoms with Crippen molar-refractivity contribution in [3.8, 4) is 0 Å². The Bertz CT molecular complexity index is 606. The molecule has 0 aliphatic heterocycles. The Labute approximate surface area is 126 Å². The summed E-state index contributed by atoms with van der Waals surface area (Å²) < 4.78 is 0. The van der Waals surface area contributed by atoms with E-state index in [0.717, 1.165) is 12.1 Å². The maximum atomic E-state index is 11.9. The predicted molar refractivity (Wildman–Crippen MR) is 87.4 cm³/mol. The van der Waals surface area contributed by atoms with Crippen LogP contribution in [-0.4, -0.2) is 16.5 Å². The van der Waals surface area contributed by atoms with Crippen molar-refractivity contribution in [3.63, 3.8) is 0 Å². The lowest BCUT2D eigenvalue weighted by atomic mass is 10.1. The molecule has 21 heavy (non-hydrogen) atoms. The third-order valence-corrected chi connectivity index (χ3v) is 3.66. The van der Waals surface area contributed by atoms with E-state index in [4.69, 9.17) is 0 Å². The van der Waals surface area contributed by atoms with E-state index in [-0.39, 0.29) is 5.56 Å². The number of aromatic nitrogens is 2. The molecule has 4 heteroatoms. The third-order valence-electron chi connectivity index (χ3n) is 3.66. The van der Waals surface area contributed by atoms with Gasteiger partial charge in [-0.2, -0.15) is 0 Å². The first-order valence-electron chi connectivity index (χ1n) is 8.00. The lowest BCUT2D eigenvalue weighted by molar-refractivity contribution is 0.566. The van der Waals surface area contributed by atoms with Gasteiger partial charge in [0.15, 0.2) is 0 Å². The van der Waals surface area contributed by atoms with E-state index in [1.54, 1.807) is 6.07 Å².